The van der Waals surface area contributed by atoms with Crippen molar-refractivity contribution in [1.29, 1.82) is 5.26 Å². The second-order valence-corrected chi connectivity index (χ2v) is 7.28. The van der Waals surface area contributed by atoms with Gasteiger partial charge in [-0.3, -0.25) is 4.57 Å². The highest BCUT2D eigenvalue weighted by atomic mass is 35.5. The molecule has 2 heterocycles. The molecule has 0 aliphatic rings. The molecule has 2 aromatic carbocycles. The molecule has 2 aromatic heterocycles. The van der Waals surface area contributed by atoms with Crippen LogP contribution in [0.3, 0.4) is 0 Å². The average Bonchev–Trinajstić information content (AvgIpc) is 3.12. The molecule has 0 N–H and O–H groups in total. The SMILES string of the molecule is N#Cc1ccc(Sc2nnc(-c3ccc(Cl)cc3)n2Cc2ccccc2)nn1. The molecule has 28 heavy (non-hydrogen) atoms. The van der Waals surface area contributed by atoms with Crippen LogP contribution in [0, 0.1) is 11.3 Å². The van der Waals surface area contributed by atoms with E-state index in [-0.39, 0.29) is 5.69 Å². The molecule has 4 aromatic rings. The van der Waals surface area contributed by atoms with Crippen molar-refractivity contribution in [3.05, 3.63) is 83.0 Å². The highest BCUT2D eigenvalue weighted by Gasteiger charge is 2.16. The van der Waals surface area contributed by atoms with Gasteiger partial charge in [0.05, 0.1) is 6.54 Å². The maximum absolute atomic E-state index is 8.88. The lowest BCUT2D eigenvalue weighted by Gasteiger charge is -2.10. The summed E-state index contributed by atoms with van der Waals surface area (Å²) in [5, 5.41) is 27.6. The van der Waals surface area contributed by atoms with E-state index < -0.39 is 0 Å². The summed E-state index contributed by atoms with van der Waals surface area (Å²) in [7, 11) is 0. The summed E-state index contributed by atoms with van der Waals surface area (Å²) >= 11 is 7.37. The van der Waals surface area contributed by atoms with Crippen LogP contribution in [0.5, 0.6) is 0 Å². The first-order valence-electron chi connectivity index (χ1n) is 8.37. The number of halogens is 1. The molecule has 8 heteroatoms. The molecule has 0 bridgehead atoms. The molecule has 0 fully saturated rings. The zero-order valence-electron chi connectivity index (χ0n) is 14.5. The van der Waals surface area contributed by atoms with Gasteiger partial charge in [-0.15, -0.1) is 20.4 Å². The van der Waals surface area contributed by atoms with E-state index in [2.05, 4.69) is 32.5 Å². The summed E-state index contributed by atoms with van der Waals surface area (Å²) in [6.45, 7) is 0.609. The fourth-order valence-corrected chi connectivity index (χ4v) is 3.49. The highest BCUT2D eigenvalue weighted by molar-refractivity contribution is 7.99. The summed E-state index contributed by atoms with van der Waals surface area (Å²) in [5.41, 5.74) is 2.33. The minimum atomic E-state index is 0.275. The van der Waals surface area contributed by atoms with E-state index in [1.165, 1.54) is 11.8 Å². The van der Waals surface area contributed by atoms with Crippen LogP contribution in [0.1, 0.15) is 11.3 Å². The minimum absolute atomic E-state index is 0.275. The van der Waals surface area contributed by atoms with Gasteiger partial charge in [-0.05, 0) is 53.7 Å². The summed E-state index contributed by atoms with van der Waals surface area (Å²) in [4.78, 5) is 0. The number of hydrogen-bond donors (Lipinski definition) is 0. The van der Waals surface area contributed by atoms with Gasteiger partial charge in [0, 0.05) is 10.6 Å². The van der Waals surface area contributed by atoms with Crippen LogP contribution in [-0.4, -0.2) is 25.0 Å². The van der Waals surface area contributed by atoms with Crippen molar-refractivity contribution < 1.29 is 0 Å². The molecular weight excluding hydrogens is 392 g/mol. The number of nitriles is 1. The number of hydrogen-bond acceptors (Lipinski definition) is 6. The molecule has 4 rings (SSSR count). The molecule has 136 valence electrons. The van der Waals surface area contributed by atoms with Crippen LogP contribution in [0.15, 0.2) is 76.9 Å². The van der Waals surface area contributed by atoms with Crippen molar-refractivity contribution in [2.75, 3.05) is 0 Å². The Hall–Kier alpha value is -3.21. The van der Waals surface area contributed by atoms with Gasteiger partial charge in [0.15, 0.2) is 16.7 Å². The first-order valence-corrected chi connectivity index (χ1v) is 9.57. The van der Waals surface area contributed by atoms with Crippen molar-refractivity contribution in [1.82, 2.24) is 25.0 Å². The Kier molecular flexibility index (Phi) is 5.33. The number of nitrogens with zero attached hydrogens (tertiary/aromatic N) is 6. The van der Waals surface area contributed by atoms with Crippen molar-refractivity contribution in [2.45, 2.75) is 16.7 Å². The quantitative estimate of drug-likeness (QED) is 0.488. The van der Waals surface area contributed by atoms with Gasteiger partial charge >= 0.3 is 0 Å². The molecule has 0 saturated heterocycles. The van der Waals surface area contributed by atoms with Gasteiger partial charge in [0.25, 0.3) is 0 Å². The lowest BCUT2D eigenvalue weighted by Crippen LogP contribution is -2.04. The summed E-state index contributed by atoms with van der Waals surface area (Å²) < 4.78 is 2.03. The first-order chi connectivity index (χ1) is 13.7. The molecule has 0 aliphatic carbocycles. The predicted molar refractivity (Wildman–Crippen MR) is 107 cm³/mol. The van der Waals surface area contributed by atoms with E-state index in [0.29, 0.717) is 21.7 Å². The van der Waals surface area contributed by atoms with E-state index in [0.717, 1.165) is 17.0 Å². The largest absolute Gasteiger partial charge is 0.297 e. The maximum Gasteiger partial charge on any atom is 0.198 e. The van der Waals surface area contributed by atoms with Crippen LogP contribution in [0.2, 0.25) is 5.02 Å². The topological polar surface area (TPSA) is 80.3 Å². The number of benzene rings is 2. The Bertz CT molecular complexity index is 1120. The van der Waals surface area contributed by atoms with E-state index >= 15 is 0 Å². The third kappa shape index (κ3) is 4.03. The van der Waals surface area contributed by atoms with Crippen LogP contribution >= 0.6 is 23.4 Å². The second kappa shape index (κ2) is 8.21. The number of rotatable bonds is 5. The Morgan fingerprint density at radius 1 is 0.893 bits per heavy atom. The predicted octanol–water partition coefficient (Wildman–Crippen LogP) is 4.46. The van der Waals surface area contributed by atoms with Gasteiger partial charge in [0.2, 0.25) is 0 Å². The lowest BCUT2D eigenvalue weighted by molar-refractivity contribution is 0.713. The molecule has 0 amide bonds. The van der Waals surface area contributed by atoms with E-state index in [4.69, 9.17) is 16.9 Å². The smallest absolute Gasteiger partial charge is 0.198 e. The Morgan fingerprint density at radius 3 is 2.36 bits per heavy atom. The van der Waals surface area contributed by atoms with Crippen molar-refractivity contribution in [2.24, 2.45) is 0 Å². The third-order valence-corrected chi connectivity index (χ3v) is 5.12. The van der Waals surface area contributed by atoms with Gasteiger partial charge in [-0.25, -0.2) is 0 Å². The number of aromatic nitrogens is 5. The average molecular weight is 405 g/mol. The molecule has 0 spiro atoms. The van der Waals surface area contributed by atoms with Gasteiger partial charge in [-0.2, -0.15) is 5.26 Å². The second-order valence-electron chi connectivity index (χ2n) is 5.86. The molecule has 0 radical (unpaired) electrons. The van der Waals surface area contributed by atoms with Crippen LogP contribution in [-0.2, 0) is 6.54 Å². The normalized spacial score (nSPS) is 10.6. The van der Waals surface area contributed by atoms with Crippen LogP contribution in [0.4, 0.5) is 0 Å². The molecule has 0 unspecified atom stereocenters. The van der Waals surface area contributed by atoms with Crippen molar-refractivity contribution in [3.63, 3.8) is 0 Å². The zero-order chi connectivity index (χ0) is 19.3. The van der Waals surface area contributed by atoms with Crippen molar-refractivity contribution in [3.8, 4) is 17.5 Å². The highest BCUT2D eigenvalue weighted by Crippen LogP contribution is 2.29. The standard InChI is InChI=1S/C20H13ClN6S/c21-16-8-6-15(7-9-16)19-25-26-20(27(19)13-14-4-2-1-3-5-14)28-18-11-10-17(12-22)23-24-18/h1-11H,13H2. The molecule has 0 atom stereocenters. The Morgan fingerprint density at radius 2 is 1.68 bits per heavy atom. The van der Waals surface area contributed by atoms with Gasteiger partial charge < -0.3 is 0 Å². The van der Waals surface area contributed by atoms with E-state index in [1.807, 2.05) is 53.1 Å². The fourth-order valence-electron chi connectivity index (χ4n) is 2.61. The monoisotopic (exact) mass is 404 g/mol. The Balaban J connectivity index is 1.72. The van der Waals surface area contributed by atoms with E-state index in [9.17, 15) is 0 Å². The molecule has 0 aliphatic heterocycles. The molecular formula is C20H13ClN6S. The summed E-state index contributed by atoms with van der Waals surface area (Å²) in [6.07, 6.45) is 0. The molecule has 6 nitrogen and oxygen atoms in total. The van der Waals surface area contributed by atoms with Crippen LogP contribution in [0.25, 0.3) is 11.4 Å². The summed E-state index contributed by atoms with van der Waals surface area (Å²) in [5.74, 6) is 0.740. The van der Waals surface area contributed by atoms with Crippen molar-refractivity contribution >= 4 is 23.4 Å². The van der Waals surface area contributed by atoms with E-state index in [1.54, 1.807) is 12.1 Å². The maximum atomic E-state index is 8.88. The molecule has 0 saturated carbocycles. The van der Waals surface area contributed by atoms with Gasteiger partial charge in [-0.1, -0.05) is 41.9 Å². The third-order valence-electron chi connectivity index (χ3n) is 3.95. The lowest BCUT2D eigenvalue weighted by atomic mass is 10.2. The van der Waals surface area contributed by atoms with Crippen LogP contribution < -0.4 is 0 Å². The minimum Gasteiger partial charge on any atom is -0.297 e. The fraction of sp³-hybridized carbons (Fsp3) is 0.0500. The Labute approximate surface area is 170 Å². The summed E-state index contributed by atoms with van der Waals surface area (Å²) in [6, 6.07) is 22.9. The van der Waals surface area contributed by atoms with Gasteiger partial charge in [0.1, 0.15) is 11.1 Å². The first kappa shape index (κ1) is 18.2. The zero-order valence-corrected chi connectivity index (χ0v) is 16.1.